The summed E-state index contributed by atoms with van der Waals surface area (Å²) in [6.45, 7) is 2.64. The maximum absolute atomic E-state index is 13.1. The molecular weight excluding hydrogens is 673 g/mol. The molecule has 4 N–H and O–H groups in total. The second-order valence-corrected chi connectivity index (χ2v) is 10.6. The van der Waals surface area contributed by atoms with Crippen LogP contribution in [0.3, 0.4) is 0 Å². The number of carboxylic acid groups (broad SMARTS) is 3. The van der Waals surface area contributed by atoms with Crippen molar-refractivity contribution in [2.45, 2.75) is 25.9 Å². The Hall–Kier alpha value is -5.94. The molecule has 2 heterocycles. The summed E-state index contributed by atoms with van der Waals surface area (Å²) < 4.78 is 42.7. The van der Waals surface area contributed by atoms with Gasteiger partial charge in [0.25, 0.3) is 5.91 Å². The fourth-order valence-corrected chi connectivity index (χ4v) is 4.68. The fraction of sp³-hybridized carbons (Fsp3) is 0.344. The number of para-hydroxylation sites is 1. The van der Waals surface area contributed by atoms with Crippen LogP contribution in [-0.4, -0.2) is 111 Å². The van der Waals surface area contributed by atoms with Crippen LogP contribution in [0.15, 0.2) is 54.6 Å². The molecule has 1 unspecified atom stereocenters. The monoisotopic (exact) mass is 706 g/mol. The summed E-state index contributed by atoms with van der Waals surface area (Å²) in [5.41, 5.74) is 1.04. The minimum atomic E-state index is -5.08. The molecule has 4 rings (SSSR count). The van der Waals surface area contributed by atoms with Gasteiger partial charge >= 0.3 is 30.2 Å². The zero-order valence-corrected chi connectivity index (χ0v) is 26.5. The van der Waals surface area contributed by atoms with E-state index >= 15 is 0 Å². The minimum absolute atomic E-state index is 0.0173. The highest BCUT2D eigenvalue weighted by Gasteiger charge is 2.38. The highest BCUT2D eigenvalue weighted by molar-refractivity contribution is 5.98. The molecule has 18 heteroatoms. The molecular formula is C32H33F3N4O11. The van der Waals surface area contributed by atoms with Crippen LogP contribution in [0.5, 0.6) is 11.5 Å². The van der Waals surface area contributed by atoms with Crippen molar-refractivity contribution in [1.82, 2.24) is 20.1 Å². The summed E-state index contributed by atoms with van der Waals surface area (Å²) >= 11 is 0. The summed E-state index contributed by atoms with van der Waals surface area (Å²) in [5.74, 6) is -6.89. The number of carbonyl (C=O) groups excluding carboxylic acids is 3. The number of carbonyl (C=O) groups is 6. The van der Waals surface area contributed by atoms with Gasteiger partial charge in [-0.25, -0.2) is 14.6 Å². The number of pyridine rings is 1. The molecule has 0 spiro atoms. The van der Waals surface area contributed by atoms with Crippen molar-refractivity contribution in [3.05, 3.63) is 65.9 Å². The topological polar surface area (TPSA) is 213 Å². The molecule has 2 aromatic carbocycles. The van der Waals surface area contributed by atoms with Gasteiger partial charge in [0.15, 0.2) is 0 Å². The van der Waals surface area contributed by atoms with Gasteiger partial charge in [0.05, 0.1) is 18.5 Å². The van der Waals surface area contributed by atoms with E-state index in [0.29, 0.717) is 28.0 Å². The molecule has 0 aliphatic carbocycles. The molecule has 1 aliphatic rings. The predicted molar refractivity (Wildman–Crippen MR) is 167 cm³/mol. The van der Waals surface area contributed by atoms with E-state index < -0.39 is 47.9 Å². The van der Waals surface area contributed by atoms with Crippen molar-refractivity contribution in [2.24, 2.45) is 5.92 Å². The lowest BCUT2D eigenvalue weighted by atomic mass is 10.0. The van der Waals surface area contributed by atoms with Crippen LogP contribution in [-0.2, 0) is 30.3 Å². The van der Waals surface area contributed by atoms with E-state index in [4.69, 9.17) is 24.5 Å². The molecule has 1 atom stereocenters. The molecule has 1 saturated heterocycles. The molecule has 3 amide bonds. The third kappa shape index (κ3) is 11.1. The van der Waals surface area contributed by atoms with Crippen LogP contribution in [0, 0.1) is 5.92 Å². The second-order valence-electron chi connectivity index (χ2n) is 10.6. The van der Waals surface area contributed by atoms with Gasteiger partial charge in [-0.3, -0.25) is 19.2 Å². The quantitative estimate of drug-likeness (QED) is 0.211. The number of alkyl halides is 3. The maximum Gasteiger partial charge on any atom is 0.490 e. The summed E-state index contributed by atoms with van der Waals surface area (Å²) in [5, 5.41) is 29.2. The average Bonchev–Trinajstić information content (AvgIpc) is 3.06. The number of aromatic nitrogens is 1. The molecule has 1 fully saturated rings. The van der Waals surface area contributed by atoms with Gasteiger partial charge in [-0.1, -0.05) is 24.3 Å². The number of rotatable bonds is 11. The van der Waals surface area contributed by atoms with Crippen molar-refractivity contribution in [3.8, 4) is 11.5 Å². The smallest absolute Gasteiger partial charge is 0.481 e. The van der Waals surface area contributed by atoms with Crippen LogP contribution in [0.4, 0.5) is 18.0 Å². The minimum Gasteiger partial charge on any atom is -0.481 e. The number of halogens is 3. The van der Waals surface area contributed by atoms with Crippen molar-refractivity contribution in [3.63, 3.8) is 0 Å². The number of ether oxygens (including phenoxy) is 2. The first-order chi connectivity index (χ1) is 23.6. The molecule has 0 saturated carbocycles. The highest BCUT2D eigenvalue weighted by Crippen LogP contribution is 2.30. The van der Waals surface area contributed by atoms with Gasteiger partial charge in [-0.05, 0) is 43.2 Å². The number of nitrogens with zero attached hydrogens (tertiary/aromatic N) is 3. The second kappa shape index (κ2) is 17.5. The molecule has 1 aliphatic heterocycles. The number of benzene rings is 2. The molecule has 15 nitrogen and oxygen atoms in total. The number of amides is 3. The third-order valence-electron chi connectivity index (χ3n) is 7.07. The van der Waals surface area contributed by atoms with E-state index in [1.165, 1.54) is 15.9 Å². The Labute approximate surface area is 282 Å². The molecule has 1 aromatic heterocycles. The number of aliphatic carboxylic acids is 3. The Balaban J connectivity index is 0.000000872. The number of hydrogen-bond acceptors (Lipinski definition) is 9. The molecule has 3 aromatic rings. The third-order valence-corrected chi connectivity index (χ3v) is 7.07. The van der Waals surface area contributed by atoms with Crippen LogP contribution >= 0.6 is 0 Å². The normalized spacial score (nSPS) is 13.4. The Kier molecular flexibility index (Phi) is 13.4. The summed E-state index contributed by atoms with van der Waals surface area (Å²) in [6.07, 6.45) is -5.88. The average molecular weight is 707 g/mol. The van der Waals surface area contributed by atoms with Crippen molar-refractivity contribution < 1.29 is 66.7 Å². The van der Waals surface area contributed by atoms with Gasteiger partial charge in [-0.2, -0.15) is 13.2 Å². The summed E-state index contributed by atoms with van der Waals surface area (Å²) in [4.78, 5) is 77.1. The molecule has 268 valence electrons. The number of carboxylic acids is 3. The van der Waals surface area contributed by atoms with Crippen LogP contribution in [0.25, 0.3) is 10.9 Å². The van der Waals surface area contributed by atoms with Crippen LogP contribution < -0.4 is 10.1 Å². The van der Waals surface area contributed by atoms with E-state index in [-0.39, 0.29) is 57.9 Å². The first kappa shape index (κ1) is 38.5. The SMILES string of the molecule is CCOC(=O)N1CCN(C(=O)C(CCNC(=O)c2cc(Oc3cccc(CC(=O)O)c3)c3ccccc3n2)C(=O)O)CC1.O=C(O)C(F)(F)F. The lowest BCUT2D eigenvalue weighted by Gasteiger charge is -2.35. The molecule has 0 bridgehead atoms. The predicted octanol–water partition coefficient (Wildman–Crippen LogP) is 3.41. The zero-order chi connectivity index (χ0) is 37.0. The van der Waals surface area contributed by atoms with Crippen LogP contribution in [0.2, 0.25) is 0 Å². The number of piperazine rings is 1. The van der Waals surface area contributed by atoms with E-state index in [0.717, 1.165) is 0 Å². The zero-order valence-electron chi connectivity index (χ0n) is 26.5. The van der Waals surface area contributed by atoms with E-state index in [9.17, 15) is 42.3 Å². The van der Waals surface area contributed by atoms with Gasteiger partial charge < -0.3 is 39.9 Å². The first-order valence-electron chi connectivity index (χ1n) is 15.0. The van der Waals surface area contributed by atoms with Gasteiger partial charge in [0.1, 0.15) is 23.1 Å². The summed E-state index contributed by atoms with van der Waals surface area (Å²) in [7, 11) is 0. The molecule has 0 radical (unpaired) electrons. The Morgan fingerprint density at radius 3 is 2.16 bits per heavy atom. The van der Waals surface area contributed by atoms with Crippen LogP contribution in [0.1, 0.15) is 29.4 Å². The standard InChI is InChI=1S/C30H32N4O9.C2HF3O2/c1-2-42-30(41)34-14-12-33(13-15-34)28(38)22(29(39)40)10-11-31-27(37)24-18-25(21-8-3-4-9-23(21)32-24)43-20-7-5-6-19(16-20)17-26(35)36;3-2(4,5)1(6)7/h3-9,16,18,22H,2,10-15,17H2,1H3,(H,31,37)(H,35,36)(H,39,40);(H,6,7). The number of fused-ring (bicyclic) bond motifs is 1. The van der Waals surface area contributed by atoms with Crippen molar-refractivity contribution in [1.29, 1.82) is 0 Å². The Bertz CT molecular complexity index is 1730. The fourth-order valence-electron chi connectivity index (χ4n) is 4.68. The van der Waals surface area contributed by atoms with Gasteiger partial charge in [-0.15, -0.1) is 0 Å². The number of nitrogens with one attached hydrogen (secondary N) is 1. The number of hydrogen-bond donors (Lipinski definition) is 4. The molecule has 50 heavy (non-hydrogen) atoms. The highest BCUT2D eigenvalue weighted by atomic mass is 19.4. The Morgan fingerprint density at radius 2 is 1.56 bits per heavy atom. The van der Waals surface area contributed by atoms with Crippen molar-refractivity contribution >= 4 is 46.7 Å². The first-order valence-corrected chi connectivity index (χ1v) is 15.0. The lowest BCUT2D eigenvalue weighted by molar-refractivity contribution is -0.192. The van der Waals surface area contributed by atoms with E-state index in [2.05, 4.69) is 10.3 Å². The van der Waals surface area contributed by atoms with Gasteiger partial charge in [0.2, 0.25) is 5.91 Å². The van der Waals surface area contributed by atoms with Gasteiger partial charge in [0, 0.05) is 44.2 Å². The van der Waals surface area contributed by atoms with E-state index in [1.807, 2.05) is 0 Å². The Morgan fingerprint density at radius 1 is 0.920 bits per heavy atom. The van der Waals surface area contributed by atoms with E-state index in [1.54, 1.807) is 55.5 Å². The van der Waals surface area contributed by atoms with Crippen molar-refractivity contribution in [2.75, 3.05) is 39.3 Å². The maximum atomic E-state index is 13.1. The largest absolute Gasteiger partial charge is 0.490 e. The lowest BCUT2D eigenvalue weighted by Crippen LogP contribution is -2.53. The summed E-state index contributed by atoms with van der Waals surface area (Å²) in [6, 6.07) is 15.1.